The fourth-order valence-corrected chi connectivity index (χ4v) is 4.56. The fraction of sp³-hybridized carbons (Fsp3) is 0.688. The SMILES string of the molecule is O=C(CCN1C(=O)[C@@H]2CCCC[C@H]2C1=O)Nc1nnc(C2CC2)s1. The minimum Gasteiger partial charge on any atom is -0.300 e. The summed E-state index contributed by atoms with van der Waals surface area (Å²) in [5.74, 6) is -0.216. The lowest BCUT2D eigenvalue weighted by atomic mass is 9.81. The number of nitrogens with one attached hydrogen (secondary N) is 1. The van der Waals surface area contributed by atoms with Crippen molar-refractivity contribution in [3.05, 3.63) is 5.01 Å². The highest BCUT2D eigenvalue weighted by Gasteiger charge is 2.47. The van der Waals surface area contributed by atoms with E-state index in [0.717, 1.165) is 43.5 Å². The average molecular weight is 348 g/mol. The lowest BCUT2D eigenvalue weighted by molar-refractivity contribution is -0.140. The molecule has 1 saturated heterocycles. The Hall–Kier alpha value is -1.83. The Morgan fingerprint density at radius 1 is 1.08 bits per heavy atom. The van der Waals surface area contributed by atoms with Gasteiger partial charge in [0.2, 0.25) is 22.9 Å². The van der Waals surface area contributed by atoms with Gasteiger partial charge in [-0.1, -0.05) is 24.2 Å². The number of nitrogens with zero attached hydrogens (tertiary/aromatic N) is 3. The maximum atomic E-state index is 12.4. The number of hydrogen-bond donors (Lipinski definition) is 1. The standard InChI is InChI=1S/C16H20N4O3S/c21-12(17-16-19-18-13(24-16)9-5-6-9)7-8-20-14(22)10-3-1-2-4-11(10)15(20)23/h9-11H,1-8H2,(H,17,19,21)/t10-,11-/m1/s1. The number of aromatic nitrogens is 2. The highest BCUT2D eigenvalue weighted by molar-refractivity contribution is 7.15. The van der Waals surface area contributed by atoms with E-state index in [1.807, 2.05) is 0 Å². The van der Waals surface area contributed by atoms with E-state index in [1.165, 1.54) is 16.2 Å². The number of carbonyl (C=O) groups excluding carboxylic acids is 3. The van der Waals surface area contributed by atoms with Crippen LogP contribution in [0.2, 0.25) is 0 Å². The van der Waals surface area contributed by atoms with Crippen molar-refractivity contribution in [2.24, 2.45) is 11.8 Å². The molecular formula is C16H20N4O3S. The van der Waals surface area contributed by atoms with Gasteiger partial charge in [0.05, 0.1) is 11.8 Å². The summed E-state index contributed by atoms with van der Waals surface area (Å²) in [5, 5.41) is 12.2. The van der Waals surface area contributed by atoms with Gasteiger partial charge in [-0.05, 0) is 25.7 Å². The molecule has 3 amide bonds. The van der Waals surface area contributed by atoms with Crippen LogP contribution in [-0.4, -0.2) is 39.4 Å². The van der Waals surface area contributed by atoms with Gasteiger partial charge in [0.15, 0.2) is 0 Å². The Morgan fingerprint density at radius 3 is 2.38 bits per heavy atom. The number of imide groups is 1. The first-order valence-electron chi connectivity index (χ1n) is 8.62. The third-order valence-corrected chi connectivity index (χ3v) is 6.11. The third kappa shape index (κ3) is 2.94. The molecule has 7 nitrogen and oxygen atoms in total. The van der Waals surface area contributed by atoms with E-state index in [2.05, 4.69) is 15.5 Å². The molecule has 3 fully saturated rings. The second-order valence-electron chi connectivity index (χ2n) is 6.84. The molecule has 0 radical (unpaired) electrons. The van der Waals surface area contributed by atoms with Crippen molar-refractivity contribution >= 4 is 34.2 Å². The van der Waals surface area contributed by atoms with Gasteiger partial charge in [-0.3, -0.25) is 19.3 Å². The van der Waals surface area contributed by atoms with Crippen molar-refractivity contribution in [2.75, 3.05) is 11.9 Å². The molecule has 0 unspecified atom stereocenters. The van der Waals surface area contributed by atoms with Crippen molar-refractivity contribution in [2.45, 2.75) is 50.9 Å². The molecule has 0 aromatic carbocycles. The molecule has 128 valence electrons. The molecular weight excluding hydrogens is 328 g/mol. The zero-order chi connectivity index (χ0) is 16.7. The smallest absolute Gasteiger partial charge is 0.233 e. The monoisotopic (exact) mass is 348 g/mol. The third-order valence-electron chi connectivity index (χ3n) is 5.11. The molecule has 1 N–H and O–H groups in total. The topological polar surface area (TPSA) is 92.3 Å². The quantitative estimate of drug-likeness (QED) is 0.821. The summed E-state index contributed by atoms with van der Waals surface area (Å²) in [5.41, 5.74) is 0. The summed E-state index contributed by atoms with van der Waals surface area (Å²) in [7, 11) is 0. The summed E-state index contributed by atoms with van der Waals surface area (Å²) < 4.78 is 0. The normalized spacial score (nSPS) is 26.6. The molecule has 0 bridgehead atoms. The minimum atomic E-state index is -0.232. The number of rotatable bonds is 5. The molecule has 1 aliphatic heterocycles. The number of likely N-dealkylation sites (tertiary alicyclic amines) is 1. The highest BCUT2D eigenvalue weighted by atomic mass is 32.1. The van der Waals surface area contributed by atoms with Crippen LogP contribution in [-0.2, 0) is 14.4 Å². The number of anilines is 1. The maximum absolute atomic E-state index is 12.4. The summed E-state index contributed by atoms with van der Waals surface area (Å²) in [6, 6.07) is 0. The molecule has 2 heterocycles. The number of carbonyl (C=O) groups is 3. The predicted octanol–water partition coefficient (Wildman–Crippen LogP) is 1.92. The molecule has 24 heavy (non-hydrogen) atoms. The van der Waals surface area contributed by atoms with Gasteiger partial charge >= 0.3 is 0 Å². The van der Waals surface area contributed by atoms with Gasteiger partial charge in [-0.25, -0.2) is 0 Å². The van der Waals surface area contributed by atoms with Crippen LogP contribution >= 0.6 is 11.3 Å². The first-order valence-corrected chi connectivity index (χ1v) is 9.43. The molecule has 2 saturated carbocycles. The van der Waals surface area contributed by atoms with Crippen molar-refractivity contribution in [1.29, 1.82) is 0 Å². The average Bonchev–Trinajstić information content (AvgIpc) is 3.29. The second-order valence-corrected chi connectivity index (χ2v) is 7.85. The van der Waals surface area contributed by atoms with E-state index in [4.69, 9.17) is 0 Å². The van der Waals surface area contributed by atoms with Crippen LogP contribution in [0.3, 0.4) is 0 Å². The molecule has 4 rings (SSSR count). The number of amides is 3. The van der Waals surface area contributed by atoms with E-state index in [9.17, 15) is 14.4 Å². The number of fused-ring (bicyclic) bond motifs is 1. The van der Waals surface area contributed by atoms with Crippen molar-refractivity contribution in [1.82, 2.24) is 15.1 Å². The van der Waals surface area contributed by atoms with Crippen molar-refractivity contribution in [3.63, 3.8) is 0 Å². The highest BCUT2D eigenvalue weighted by Crippen LogP contribution is 2.42. The molecule has 8 heteroatoms. The summed E-state index contributed by atoms with van der Waals surface area (Å²) in [4.78, 5) is 38.1. The van der Waals surface area contributed by atoms with Crippen LogP contribution in [0.25, 0.3) is 0 Å². The van der Waals surface area contributed by atoms with Gasteiger partial charge in [-0.15, -0.1) is 10.2 Å². The van der Waals surface area contributed by atoms with E-state index in [0.29, 0.717) is 11.0 Å². The Bertz CT molecular complexity index is 661. The lowest BCUT2D eigenvalue weighted by Gasteiger charge is -2.19. The van der Waals surface area contributed by atoms with Crippen LogP contribution < -0.4 is 5.32 Å². The van der Waals surface area contributed by atoms with Crippen LogP contribution in [0.15, 0.2) is 0 Å². The van der Waals surface area contributed by atoms with Gasteiger partial charge in [0.1, 0.15) is 5.01 Å². The zero-order valence-corrected chi connectivity index (χ0v) is 14.2. The first-order chi connectivity index (χ1) is 11.6. The Morgan fingerprint density at radius 2 is 1.75 bits per heavy atom. The molecule has 1 aromatic heterocycles. The van der Waals surface area contributed by atoms with E-state index < -0.39 is 0 Å². The van der Waals surface area contributed by atoms with Crippen LogP contribution in [0.1, 0.15) is 55.9 Å². The van der Waals surface area contributed by atoms with Crippen LogP contribution in [0.4, 0.5) is 5.13 Å². The van der Waals surface area contributed by atoms with Gasteiger partial charge < -0.3 is 5.32 Å². The Labute approximate surface area is 143 Å². The Kier molecular flexibility index (Phi) is 4.07. The van der Waals surface area contributed by atoms with Crippen LogP contribution in [0, 0.1) is 11.8 Å². The fourth-order valence-electron chi connectivity index (χ4n) is 3.63. The van der Waals surface area contributed by atoms with Crippen molar-refractivity contribution in [3.8, 4) is 0 Å². The van der Waals surface area contributed by atoms with Crippen molar-refractivity contribution < 1.29 is 14.4 Å². The largest absolute Gasteiger partial charge is 0.300 e. The minimum absolute atomic E-state index is 0.0931. The molecule has 3 aliphatic rings. The molecule has 2 aliphatic carbocycles. The number of hydrogen-bond acceptors (Lipinski definition) is 6. The molecule has 2 atom stereocenters. The van der Waals surface area contributed by atoms with E-state index in [1.54, 1.807) is 0 Å². The summed E-state index contributed by atoms with van der Waals surface area (Å²) >= 11 is 1.41. The summed E-state index contributed by atoms with van der Waals surface area (Å²) in [6.45, 7) is 0.158. The summed E-state index contributed by atoms with van der Waals surface area (Å²) in [6.07, 6.45) is 6.01. The Balaban J connectivity index is 1.31. The maximum Gasteiger partial charge on any atom is 0.233 e. The predicted molar refractivity (Wildman–Crippen MR) is 87.3 cm³/mol. The van der Waals surface area contributed by atoms with E-state index in [-0.39, 0.29) is 42.5 Å². The van der Waals surface area contributed by atoms with Gasteiger partial charge in [0.25, 0.3) is 0 Å². The second kappa shape index (κ2) is 6.23. The zero-order valence-electron chi connectivity index (χ0n) is 13.4. The first kappa shape index (κ1) is 15.7. The lowest BCUT2D eigenvalue weighted by Crippen LogP contribution is -2.34. The van der Waals surface area contributed by atoms with Gasteiger partial charge in [-0.2, -0.15) is 0 Å². The molecule has 1 aromatic rings. The molecule has 0 spiro atoms. The van der Waals surface area contributed by atoms with E-state index >= 15 is 0 Å². The van der Waals surface area contributed by atoms with Crippen LogP contribution in [0.5, 0.6) is 0 Å². The van der Waals surface area contributed by atoms with Gasteiger partial charge in [0, 0.05) is 18.9 Å².